The Morgan fingerprint density at radius 2 is 2.00 bits per heavy atom. The van der Waals surface area contributed by atoms with Crippen molar-refractivity contribution in [1.29, 1.82) is 0 Å². The van der Waals surface area contributed by atoms with Crippen LogP contribution in [0.25, 0.3) is 0 Å². The molecule has 0 aliphatic heterocycles. The van der Waals surface area contributed by atoms with Crippen LogP contribution in [0.2, 0.25) is 0 Å². The summed E-state index contributed by atoms with van der Waals surface area (Å²) in [5, 5.41) is 0.868. The molecule has 0 fully saturated rings. The standard InChI is InChI=1S/C12H20NOP/c1-5-9(2)11-7-6-10(8-12(11)13)15(3,4)14/h6-9H,5,13H2,1-4H3. The first kappa shape index (κ1) is 12.3. The second kappa shape index (κ2) is 4.40. The summed E-state index contributed by atoms with van der Waals surface area (Å²) in [6.07, 6.45) is 1.07. The molecule has 3 heteroatoms. The first-order valence-electron chi connectivity index (χ1n) is 5.31. The molecule has 1 unspecified atom stereocenters. The van der Waals surface area contributed by atoms with Gasteiger partial charge in [-0.3, -0.25) is 0 Å². The van der Waals surface area contributed by atoms with E-state index in [-0.39, 0.29) is 0 Å². The summed E-state index contributed by atoms with van der Waals surface area (Å²) in [5.41, 5.74) is 7.90. The molecule has 0 amide bonds. The number of anilines is 1. The predicted octanol–water partition coefficient (Wildman–Crippen LogP) is 3.03. The lowest BCUT2D eigenvalue weighted by molar-refractivity contribution is 0.588. The Bertz CT molecular complexity index is 395. The molecule has 15 heavy (non-hydrogen) atoms. The van der Waals surface area contributed by atoms with Gasteiger partial charge in [0.25, 0.3) is 0 Å². The summed E-state index contributed by atoms with van der Waals surface area (Å²) in [4.78, 5) is 0. The molecule has 1 rings (SSSR count). The fraction of sp³-hybridized carbons (Fsp3) is 0.500. The zero-order chi connectivity index (χ0) is 11.6. The largest absolute Gasteiger partial charge is 0.398 e. The highest BCUT2D eigenvalue weighted by atomic mass is 31.2. The molecule has 0 spiro atoms. The molecule has 0 radical (unpaired) electrons. The van der Waals surface area contributed by atoms with E-state index in [1.807, 2.05) is 18.2 Å². The monoisotopic (exact) mass is 225 g/mol. The molecule has 1 aromatic carbocycles. The summed E-state index contributed by atoms with van der Waals surface area (Å²) in [6, 6.07) is 5.82. The van der Waals surface area contributed by atoms with Crippen molar-refractivity contribution in [2.24, 2.45) is 0 Å². The van der Waals surface area contributed by atoms with Crippen molar-refractivity contribution >= 4 is 18.1 Å². The SMILES string of the molecule is CCC(C)c1ccc(P(C)(C)=O)cc1N. The van der Waals surface area contributed by atoms with Crippen molar-refractivity contribution in [3.05, 3.63) is 23.8 Å². The molecular formula is C12H20NOP. The average Bonchev–Trinajstić information content (AvgIpc) is 2.15. The van der Waals surface area contributed by atoms with E-state index in [0.29, 0.717) is 5.92 Å². The van der Waals surface area contributed by atoms with Crippen LogP contribution >= 0.6 is 7.14 Å². The lowest BCUT2D eigenvalue weighted by Crippen LogP contribution is -2.07. The zero-order valence-electron chi connectivity index (χ0n) is 9.95. The minimum atomic E-state index is -2.18. The normalized spacial score (nSPS) is 13.9. The van der Waals surface area contributed by atoms with Gasteiger partial charge in [0.1, 0.15) is 7.14 Å². The Morgan fingerprint density at radius 3 is 2.40 bits per heavy atom. The lowest BCUT2D eigenvalue weighted by atomic mass is 9.97. The quantitative estimate of drug-likeness (QED) is 0.634. The van der Waals surface area contributed by atoms with Gasteiger partial charge in [-0.05, 0) is 37.3 Å². The van der Waals surface area contributed by atoms with E-state index in [0.717, 1.165) is 23.0 Å². The van der Waals surface area contributed by atoms with Gasteiger partial charge >= 0.3 is 0 Å². The van der Waals surface area contributed by atoms with Crippen LogP contribution in [0.15, 0.2) is 18.2 Å². The summed E-state index contributed by atoms with van der Waals surface area (Å²) < 4.78 is 11.9. The molecule has 0 heterocycles. The van der Waals surface area contributed by atoms with Gasteiger partial charge in [-0.25, -0.2) is 0 Å². The van der Waals surface area contributed by atoms with Gasteiger partial charge in [0, 0.05) is 11.0 Å². The van der Waals surface area contributed by atoms with Crippen molar-refractivity contribution in [2.45, 2.75) is 26.2 Å². The fourth-order valence-electron chi connectivity index (χ4n) is 1.57. The van der Waals surface area contributed by atoms with Gasteiger partial charge in [0.05, 0.1) is 0 Å². The lowest BCUT2D eigenvalue weighted by Gasteiger charge is -2.15. The first-order valence-corrected chi connectivity index (χ1v) is 7.91. The summed E-state index contributed by atoms with van der Waals surface area (Å²) in [6.45, 7) is 7.83. The van der Waals surface area contributed by atoms with E-state index in [4.69, 9.17) is 5.73 Å². The van der Waals surface area contributed by atoms with Gasteiger partial charge in [-0.1, -0.05) is 26.0 Å². The minimum Gasteiger partial charge on any atom is -0.398 e. The Morgan fingerprint density at radius 1 is 1.40 bits per heavy atom. The highest BCUT2D eigenvalue weighted by Gasteiger charge is 2.14. The Labute approximate surface area is 92.3 Å². The van der Waals surface area contributed by atoms with E-state index in [9.17, 15) is 4.57 Å². The van der Waals surface area contributed by atoms with Gasteiger partial charge < -0.3 is 10.3 Å². The Hall–Kier alpha value is -0.750. The van der Waals surface area contributed by atoms with Gasteiger partial charge in [-0.2, -0.15) is 0 Å². The van der Waals surface area contributed by atoms with Crippen LogP contribution in [0.3, 0.4) is 0 Å². The van der Waals surface area contributed by atoms with Gasteiger partial charge in [0.2, 0.25) is 0 Å². The third-order valence-electron chi connectivity index (χ3n) is 2.84. The highest BCUT2D eigenvalue weighted by molar-refractivity contribution is 7.70. The third-order valence-corrected chi connectivity index (χ3v) is 4.36. The number of hydrogen-bond donors (Lipinski definition) is 1. The van der Waals surface area contributed by atoms with E-state index >= 15 is 0 Å². The van der Waals surface area contributed by atoms with Crippen LogP contribution in [0, 0.1) is 0 Å². The Balaban J connectivity index is 3.15. The maximum Gasteiger partial charge on any atom is 0.109 e. The maximum atomic E-state index is 11.9. The van der Waals surface area contributed by atoms with Crippen LogP contribution in [-0.2, 0) is 4.57 Å². The molecule has 1 atom stereocenters. The summed E-state index contributed by atoms with van der Waals surface area (Å²) in [5.74, 6) is 0.465. The van der Waals surface area contributed by atoms with Crippen LogP contribution < -0.4 is 11.0 Å². The smallest absolute Gasteiger partial charge is 0.109 e. The zero-order valence-corrected chi connectivity index (χ0v) is 10.8. The molecule has 0 aliphatic carbocycles. The summed E-state index contributed by atoms with van der Waals surface area (Å²) >= 11 is 0. The summed E-state index contributed by atoms with van der Waals surface area (Å²) in [7, 11) is -2.18. The van der Waals surface area contributed by atoms with Crippen LogP contribution in [0.4, 0.5) is 5.69 Å². The molecule has 0 saturated heterocycles. The number of nitrogen functional groups attached to an aromatic ring is 1. The molecule has 1 aromatic rings. The highest BCUT2D eigenvalue weighted by Crippen LogP contribution is 2.36. The second-order valence-electron chi connectivity index (χ2n) is 4.47. The molecule has 0 aromatic heterocycles. The minimum absolute atomic E-state index is 0.465. The predicted molar refractivity (Wildman–Crippen MR) is 68.6 cm³/mol. The van der Waals surface area contributed by atoms with Crippen LogP contribution in [-0.4, -0.2) is 13.3 Å². The van der Waals surface area contributed by atoms with Crippen molar-refractivity contribution in [3.63, 3.8) is 0 Å². The molecular weight excluding hydrogens is 205 g/mol. The number of benzene rings is 1. The number of hydrogen-bond acceptors (Lipinski definition) is 2. The topological polar surface area (TPSA) is 43.1 Å². The first-order chi connectivity index (χ1) is 6.86. The van der Waals surface area contributed by atoms with E-state index in [1.54, 1.807) is 13.3 Å². The van der Waals surface area contributed by atoms with Crippen molar-refractivity contribution in [3.8, 4) is 0 Å². The van der Waals surface area contributed by atoms with Crippen molar-refractivity contribution in [2.75, 3.05) is 19.1 Å². The van der Waals surface area contributed by atoms with Crippen LogP contribution in [0.1, 0.15) is 31.7 Å². The molecule has 2 N–H and O–H groups in total. The molecule has 0 bridgehead atoms. The number of rotatable bonds is 3. The molecule has 84 valence electrons. The average molecular weight is 225 g/mol. The van der Waals surface area contributed by atoms with Crippen molar-refractivity contribution < 1.29 is 4.57 Å². The van der Waals surface area contributed by atoms with Gasteiger partial charge in [0.15, 0.2) is 0 Å². The van der Waals surface area contributed by atoms with Crippen molar-refractivity contribution in [1.82, 2.24) is 0 Å². The molecule has 2 nitrogen and oxygen atoms in total. The maximum absolute atomic E-state index is 11.9. The fourth-order valence-corrected chi connectivity index (χ4v) is 2.45. The Kier molecular flexibility index (Phi) is 3.62. The number of nitrogens with two attached hydrogens (primary N) is 1. The van der Waals surface area contributed by atoms with E-state index in [1.165, 1.54) is 0 Å². The van der Waals surface area contributed by atoms with E-state index < -0.39 is 7.14 Å². The molecule has 0 aliphatic rings. The third kappa shape index (κ3) is 2.85. The molecule has 0 saturated carbocycles. The van der Waals surface area contributed by atoms with Gasteiger partial charge in [-0.15, -0.1) is 0 Å². The van der Waals surface area contributed by atoms with Crippen LogP contribution in [0.5, 0.6) is 0 Å². The van der Waals surface area contributed by atoms with E-state index in [2.05, 4.69) is 13.8 Å². The second-order valence-corrected chi connectivity index (χ2v) is 7.69.